The van der Waals surface area contributed by atoms with Crippen molar-refractivity contribution in [1.29, 1.82) is 0 Å². The third-order valence-corrected chi connectivity index (χ3v) is 5.58. The van der Waals surface area contributed by atoms with E-state index in [4.69, 9.17) is 4.74 Å². The quantitative estimate of drug-likeness (QED) is 0.734. The van der Waals surface area contributed by atoms with Crippen LogP contribution >= 0.6 is 15.9 Å². The Hall–Kier alpha value is -1.85. The molecule has 0 spiro atoms. The Bertz CT molecular complexity index is 756. The molecular formula is C21H25BrN2O2. The van der Waals surface area contributed by atoms with Gasteiger partial charge in [-0.25, -0.2) is 0 Å². The molecule has 1 amide bonds. The summed E-state index contributed by atoms with van der Waals surface area (Å²) in [5.41, 5.74) is 2.71. The number of nitrogens with zero attached hydrogens (tertiary/aromatic N) is 2. The van der Waals surface area contributed by atoms with Gasteiger partial charge < -0.3 is 14.5 Å². The molecule has 2 aromatic rings. The van der Waals surface area contributed by atoms with Crippen LogP contribution in [-0.2, 0) is 6.61 Å². The molecule has 0 aliphatic carbocycles. The van der Waals surface area contributed by atoms with Crippen molar-refractivity contribution in [3.8, 4) is 5.75 Å². The van der Waals surface area contributed by atoms with E-state index < -0.39 is 0 Å². The van der Waals surface area contributed by atoms with Crippen LogP contribution in [0.1, 0.15) is 28.4 Å². The molecule has 0 N–H and O–H groups in total. The van der Waals surface area contributed by atoms with E-state index in [1.54, 1.807) is 0 Å². The number of halogens is 1. The lowest BCUT2D eigenvalue weighted by Crippen LogP contribution is -2.48. The second kappa shape index (κ2) is 8.69. The first kappa shape index (κ1) is 18.9. The second-order valence-corrected chi connectivity index (χ2v) is 7.40. The van der Waals surface area contributed by atoms with Crippen molar-refractivity contribution in [2.24, 2.45) is 0 Å². The number of likely N-dealkylation sites (N-methyl/N-ethyl adjacent to an activating group) is 1. The smallest absolute Gasteiger partial charge is 0.255 e. The average molecular weight is 417 g/mol. The summed E-state index contributed by atoms with van der Waals surface area (Å²) < 4.78 is 6.81. The van der Waals surface area contributed by atoms with Crippen molar-refractivity contribution in [2.75, 3.05) is 32.7 Å². The van der Waals surface area contributed by atoms with Crippen LogP contribution in [0.5, 0.6) is 5.75 Å². The average Bonchev–Trinajstić information content (AvgIpc) is 2.68. The first-order chi connectivity index (χ1) is 12.6. The van der Waals surface area contributed by atoms with Crippen LogP contribution in [0.3, 0.4) is 0 Å². The van der Waals surface area contributed by atoms with E-state index in [-0.39, 0.29) is 5.91 Å². The Kier molecular flexibility index (Phi) is 6.33. The highest BCUT2D eigenvalue weighted by Crippen LogP contribution is 2.30. The van der Waals surface area contributed by atoms with Gasteiger partial charge in [-0.3, -0.25) is 4.79 Å². The Balaban J connectivity index is 1.75. The molecule has 5 heteroatoms. The molecular weight excluding hydrogens is 392 g/mol. The molecule has 26 heavy (non-hydrogen) atoms. The minimum Gasteiger partial charge on any atom is -0.489 e. The summed E-state index contributed by atoms with van der Waals surface area (Å²) in [6, 6.07) is 13.9. The summed E-state index contributed by atoms with van der Waals surface area (Å²) in [5.74, 6) is 0.836. The molecule has 0 atom stereocenters. The maximum absolute atomic E-state index is 13.1. The van der Waals surface area contributed by atoms with Gasteiger partial charge in [-0.05, 0) is 47.1 Å². The van der Waals surface area contributed by atoms with Crippen LogP contribution in [0, 0.1) is 6.92 Å². The van der Waals surface area contributed by atoms with E-state index in [1.165, 1.54) is 0 Å². The molecule has 0 bridgehead atoms. The number of hydrogen-bond donors (Lipinski definition) is 0. The van der Waals surface area contributed by atoms with Crippen LogP contribution in [0.15, 0.2) is 46.9 Å². The standard InChI is InChI=1S/C21H25BrN2O2/c1-3-23-11-13-24(14-12-23)21(25)20-16(2)19(10-9-18(20)22)26-15-17-7-5-4-6-8-17/h4-10H,3,11-15H2,1-2H3. The van der Waals surface area contributed by atoms with Crippen molar-refractivity contribution in [3.05, 3.63) is 63.6 Å². The highest BCUT2D eigenvalue weighted by Gasteiger charge is 2.25. The summed E-state index contributed by atoms with van der Waals surface area (Å²) in [6.45, 7) is 9.06. The molecule has 138 valence electrons. The third kappa shape index (κ3) is 4.27. The lowest BCUT2D eigenvalue weighted by atomic mass is 10.1. The molecule has 1 saturated heterocycles. The number of carbonyl (C=O) groups excluding carboxylic acids is 1. The van der Waals surface area contributed by atoms with Gasteiger partial charge in [-0.15, -0.1) is 0 Å². The first-order valence-electron chi connectivity index (χ1n) is 9.07. The van der Waals surface area contributed by atoms with Crippen molar-refractivity contribution in [2.45, 2.75) is 20.5 Å². The summed E-state index contributed by atoms with van der Waals surface area (Å²) in [5, 5.41) is 0. The largest absolute Gasteiger partial charge is 0.489 e. The van der Waals surface area contributed by atoms with Gasteiger partial charge in [0.25, 0.3) is 5.91 Å². The summed E-state index contributed by atoms with van der Waals surface area (Å²) in [4.78, 5) is 17.4. The van der Waals surface area contributed by atoms with Gasteiger partial charge >= 0.3 is 0 Å². The van der Waals surface area contributed by atoms with Crippen molar-refractivity contribution in [3.63, 3.8) is 0 Å². The third-order valence-electron chi connectivity index (χ3n) is 4.92. The molecule has 0 aromatic heterocycles. The summed E-state index contributed by atoms with van der Waals surface area (Å²) >= 11 is 3.56. The van der Waals surface area contributed by atoms with Gasteiger partial charge in [-0.1, -0.05) is 37.3 Å². The minimum absolute atomic E-state index is 0.0790. The lowest BCUT2D eigenvalue weighted by molar-refractivity contribution is 0.0641. The summed E-state index contributed by atoms with van der Waals surface area (Å²) in [6.07, 6.45) is 0. The Morgan fingerprint density at radius 1 is 1.08 bits per heavy atom. The number of carbonyl (C=O) groups is 1. The number of rotatable bonds is 5. The highest BCUT2D eigenvalue weighted by atomic mass is 79.9. The molecule has 1 heterocycles. The van der Waals surface area contributed by atoms with Gasteiger partial charge in [0.1, 0.15) is 12.4 Å². The fourth-order valence-electron chi connectivity index (χ4n) is 3.24. The second-order valence-electron chi connectivity index (χ2n) is 6.55. The molecule has 1 aliphatic rings. The zero-order valence-corrected chi connectivity index (χ0v) is 17.0. The summed E-state index contributed by atoms with van der Waals surface area (Å²) in [7, 11) is 0. The molecule has 2 aromatic carbocycles. The number of piperazine rings is 1. The van der Waals surface area contributed by atoms with Crippen LogP contribution < -0.4 is 4.74 Å². The molecule has 3 rings (SSSR count). The fourth-order valence-corrected chi connectivity index (χ4v) is 3.84. The predicted molar refractivity (Wildman–Crippen MR) is 108 cm³/mol. The molecule has 4 nitrogen and oxygen atoms in total. The van der Waals surface area contributed by atoms with Crippen molar-refractivity contribution < 1.29 is 9.53 Å². The predicted octanol–water partition coefficient (Wildman–Crippen LogP) is 4.11. The Morgan fingerprint density at radius 2 is 1.77 bits per heavy atom. The lowest BCUT2D eigenvalue weighted by Gasteiger charge is -2.34. The fraction of sp³-hybridized carbons (Fsp3) is 0.381. The molecule has 0 unspecified atom stereocenters. The van der Waals surface area contributed by atoms with Crippen LogP contribution in [-0.4, -0.2) is 48.4 Å². The Labute approximate surface area is 163 Å². The van der Waals surface area contributed by atoms with E-state index in [2.05, 4.69) is 27.8 Å². The van der Waals surface area contributed by atoms with Crippen LogP contribution in [0.4, 0.5) is 0 Å². The van der Waals surface area contributed by atoms with E-state index in [0.717, 1.165) is 54.1 Å². The number of amides is 1. The Morgan fingerprint density at radius 3 is 2.42 bits per heavy atom. The first-order valence-corrected chi connectivity index (χ1v) is 9.87. The molecule has 1 aliphatic heterocycles. The van der Waals surface area contributed by atoms with Crippen molar-refractivity contribution >= 4 is 21.8 Å². The highest BCUT2D eigenvalue weighted by molar-refractivity contribution is 9.10. The molecule has 1 fully saturated rings. The normalized spacial score (nSPS) is 15.1. The van der Waals surface area contributed by atoms with Gasteiger partial charge in [0.2, 0.25) is 0 Å². The van der Waals surface area contributed by atoms with Gasteiger partial charge in [0.15, 0.2) is 0 Å². The number of ether oxygens (including phenoxy) is 1. The maximum Gasteiger partial charge on any atom is 0.255 e. The molecule has 0 radical (unpaired) electrons. The zero-order valence-electron chi connectivity index (χ0n) is 15.4. The minimum atomic E-state index is 0.0790. The van der Waals surface area contributed by atoms with Gasteiger partial charge in [0.05, 0.1) is 5.56 Å². The zero-order chi connectivity index (χ0) is 18.5. The van der Waals surface area contributed by atoms with Crippen LogP contribution in [0.25, 0.3) is 0 Å². The topological polar surface area (TPSA) is 32.8 Å². The van der Waals surface area contributed by atoms with E-state index in [1.807, 2.05) is 54.3 Å². The van der Waals surface area contributed by atoms with E-state index in [9.17, 15) is 4.79 Å². The SMILES string of the molecule is CCN1CCN(C(=O)c2c(Br)ccc(OCc3ccccc3)c2C)CC1. The number of benzene rings is 2. The maximum atomic E-state index is 13.1. The van der Waals surface area contributed by atoms with Crippen LogP contribution in [0.2, 0.25) is 0 Å². The van der Waals surface area contributed by atoms with Crippen molar-refractivity contribution in [1.82, 2.24) is 9.80 Å². The molecule has 0 saturated carbocycles. The van der Waals surface area contributed by atoms with E-state index in [0.29, 0.717) is 12.2 Å². The number of hydrogen-bond acceptors (Lipinski definition) is 3. The van der Waals surface area contributed by atoms with E-state index >= 15 is 0 Å². The van der Waals surface area contributed by atoms with Gasteiger partial charge in [0, 0.05) is 36.2 Å². The van der Waals surface area contributed by atoms with Gasteiger partial charge in [-0.2, -0.15) is 0 Å². The monoisotopic (exact) mass is 416 g/mol.